The molecule has 52 heavy (non-hydrogen) atoms. The van der Waals surface area contributed by atoms with Crippen LogP contribution in [0.5, 0.6) is 0 Å². The number of esters is 2. The molecule has 2 aliphatic heterocycles. The lowest BCUT2D eigenvalue weighted by molar-refractivity contribution is -0.163. The standard InChI is InChI=1S/C22H42O6.C18H34O6/c1-2-3-4-5-6-7-8-9-10-11-12-13-14-15-20(25)28-19(16-23)22-21(26)18(24)17-27-22;1-2-3-4-5-6-7-8-9-10-11-16(21)24-15(12-19)18-17(22)14(20)13-23-18/h18-19,21-24,26H,2-17H2,1H3;14-15,17-20,22H,2-13H2,1H3/t18-,19+,21+,22+;14-,15+,17+,18+/m00/s1. The molecule has 0 aromatic carbocycles. The van der Waals surface area contributed by atoms with Crippen LogP contribution in [-0.4, -0.2) is 118 Å². The van der Waals surface area contributed by atoms with Gasteiger partial charge in [0.05, 0.1) is 26.4 Å². The van der Waals surface area contributed by atoms with Gasteiger partial charge in [0, 0.05) is 12.8 Å². The third kappa shape index (κ3) is 22.1. The monoisotopic (exact) mass is 749 g/mol. The van der Waals surface area contributed by atoms with Crippen LogP contribution in [-0.2, 0) is 28.5 Å². The molecule has 0 aromatic rings. The van der Waals surface area contributed by atoms with Gasteiger partial charge in [-0.3, -0.25) is 9.59 Å². The number of carbonyl (C=O) groups is 2. The van der Waals surface area contributed by atoms with E-state index in [1.807, 2.05) is 0 Å². The minimum Gasteiger partial charge on any atom is -0.457 e. The molecule has 8 atom stereocenters. The first-order chi connectivity index (χ1) is 25.2. The highest BCUT2D eigenvalue weighted by molar-refractivity contribution is 5.70. The number of hydrogen-bond donors (Lipinski definition) is 6. The zero-order chi connectivity index (χ0) is 38.4. The van der Waals surface area contributed by atoms with Crippen molar-refractivity contribution in [1.29, 1.82) is 0 Å². The molecule has 308 valence electrons. The van der Waals surface area contributed by atoms with Crippen LogP contribution in [0.3, 0.4) is 0 Å². The van der Waals surface area contributed by atoms with Crippen LogP contribution < -0.4 is 0 Å². The summed E-state index contributed by atoms with van der Waals surface area (Å²) in [5, 5.41) is 57.2. The minimum atomic E-state index is -1.14. The van der Waals surface area contributed by atoms with Crippen molar-refractivity contribution >= 4 is 11.9 Å². The number of hydrogen-bond acceptors (Lipinski definition) is 12. The Morgan fingerprint density at radius 2 is 0.769 bits per heavy atom. The van der Waals surface area contributed by atoms with Crippen molar-refractivity contribution in [2.45, 2.75) is 217 Å². The Hall–Kier alpha value is -1.38. The van der Waals surface area contributed by atoms with E-state index >= 15 is 0 Å². The number of carbonyl (C=O) groups excluding carboxylic acids is 2. The molecule has 2 fully saturated rings. The highest BCUT2D eigenvalue weighted by atomic mass is 16.6. The number of unbranched alkanes of at least 4 members (excludes halogenated alkanes) is 20. The maximum Gasteiger partial charge on any atom is 0.306 e. The molecule has 12 heteroatoms. The van der Waals surface area contributed by atoms with Crippen molar-refractivity contribution < 1.29 is 59.2 Å². The summed E-state index contributed by atoms with van der Waals surface area (Å²) in [4.78, 5) is 23.8. The molecule has 2 saturated heterocycles. The van der Waals surface area contributed by atoms with Crippen LogP contribution >= 0.6 is 0 Å². The Morgan fingerprint density at radius 3 is 1.00 bits per heavy atom. The topological polar surface area (TPSA) is 192 Å². The lowest BCUT2D eigenvalue weighted by Crippen LogP contribution is -2.43. The molecule has 0 unspecified atom stereocenters. The second-order valence-corrected chi connectivity index (χ2v) is 14.7. The fraction of sp³-hybridized carbons (Fsp3) is 0.950. The molecule has 0 aromatic heterocycles. The predicted molar refractivity (Wildman–Crippen MR) is 200 cm³/mol. The Morgan fingerprint density at radius 1 is 0.500 bits per heavy atom. The zero-order valence-corrected chi connectivity index (χ0v) is 32.6. The fourth-order valence-corrected chi connectivity index (χ4v) is 6.65. The first-order valence-corrected chi connectivity index (χ1v) is 20.8. The minimum absolute atomic E-state index is 0.0151. The van der Waals surface area contributed by atoms with Gasteiger partial charge in [0.15, 0.2) is 12.2 Å². The number of rotatable bonds is 30. The van der Waals surface area contributed by atoms with Crippen molar-refractivity contribution in [1.82, 2.24) is 0 Å². The van der Waals surface area contributed by atoms with E-state index in [4.69, 9.17) is 18.9 Å². The Labute approximate surface area is 314 Å². The van der Waals surface area contributed by atoms with Gasteiger partial charge in [0.25, 0.3) is 0 Å². The van der Waals surface area contributed by atoms with E-state index < -0.39 is 68.0 Å². The molecular weight excluding hydrogens is 672 g/mol. The van der Waals surface area contributed by atoms with Gasteiger partial charge >= 0.3 is 11.9 Å². The van der Waals surface area contributed by atoms with Crippen molar-refractivity contribution in [3.63, 3.8) is 0 Å². The summed E-state index contributed by atoms with van der Waals surface area (Å²) in [5.41, 5.74) is 0. The quantitative estimate of drug-likeness (QED) is 0.0404. The summed E-state index contributed by atoms with van der Waals surface area (Å²) in [6.45, 7) is 3.56. The van der Waals surface area contributed by atoms with Gasteiger partial charge in [-0.1, -0.05) is 142 Å². The Balaban J connectivity index is 0.000000526. The summed E-state index contributed by atoms with van der Waals surface area (Å²) in [5.74, 6) is -0.784. The van der Waals surface area contributed by atoms with Gasteiger partial charge in [-0.2, -0.15) is 0 Å². The fourth-order valence-electron chi connectivity index (χ4n) is 6.65. The molecule has 2 heterocycles. The smallest absolute Gasteiger partial charge is 0.306 e. The molecule has 0 amide bonds. The van der Waals surface area contributed by atoms with Gasteiger partial charge in [0.1, 0.15) is 36.6 Å². The second-order valence-electron chi connectivity index (χ2n) is 14.7. The highest BCUT2D eigenvalue weighted by Crippen LogP contribution is 2.22. The summed E-state index contributed by atoms with van der Waals surface area (Å²) in [7, 11) is 0. The van der Waals surface area contributed by atoms with Crippen LogP contribution in [0.25, 0.3) is 0 Å². The molecule has 0 bridgehead atoms. The maximum absolute atomic E-state index is 11.9. The van der Waals surface area contributed by atoms with Gasteiger partial charge in [-0.15, -0.1) is 0 Å². The maximum atomic E-state index is 11.9. The number of aliphatic hydroxyl groups is 6. The van der Waals surface area contributed by atoms with E-state index in [2.05, 4.69) is 13.8 Å². The van der Waals surface area contributed by atoms with E-state index in [-0.39, 0.29) is 19.2 Å². The third-order valence-electron chi connectivity index (χ3n) is 10.0. The first kappa shape index (κ1) is 48.6. The highest BCUT2D eigenvalue weighted by Gasteiger charge is 2.42. The first-order valence-electron chi connectivity index (χ1n) is 20.8. The molecule has 12 nitrogen and oxygen atoms in total. The second kappa shape index (κ2) is 31.9. The van der Waals surface area contributed by atoms with Crippen molar-refractivity contribution in [2.75, 3.05) is 26.4 Å². The van der Waals surface area contributed by atoms with Gasteiger partial charge in [-0.25, -0.2) is 0 Å². The van der Waals surface area contributed by atoms with Crippen LogP contribution in [0.1, 0.15) is 168 Å². The van der Waals surface area contributed by atoms with E-state index in [1.54, 1.807) is 0 Å². The number of aliphatic hydroxyl groups excluding tert-OH is 6. The van der Waals surface area contributed by atoms with Crippen molar-refractivity contribution in [3.05, 3.63) is 0 Å². The van der Waals surface area contributed by atoms with Gasteiger partial charge in [-0.05, 0) is 12.8 Å². The lowest BCUT2D eigenvalue weighted by Gasteiger charge is -2.24. The predicted octanol–water partition coefficient (Wildman–Crippen LogP) is 5.42. The molecule has 2 aliphatic rings. The molecule has 0 saturated carbocycles. The van der Waals surface area contributed by atoms with Gasteiger partial charge < -0.3 is 49.6 Å². The van der Waals surface area contributed by atoms with Gasteiger partial charge in [0.2, 0.25) is 0 Å². The van der Waals surface area contributed by atoms with Crippen LogP contribution in [0.15, 0.2) is 0 Å². The molecule has 2 rings (SSSR count). The van der Waals surface area contributed by atoms with Crippen LogP contribution in [0.2, 0.25) is 0 Å². The summed E-state index contributed by atoms with van der Waals surface area (Å²) >= 11 is 0. The lowest BCUT2D eigenvalue weighted by atomic mass is 10.0. The van der Waals surface area contributed by atoms with Crippen LogP contribution in [0.4, 0.5) is 0 Å². The molecule has 0 aliphatic carbocycles. The van der Waals surface area contributed by atoms with Crippen molar-refractivity contribution in [3.8, 4) is 0 Å². The Bertz CT molecular complexity index is 860. The van der Waals surface area contributed by atoms with Crippen LogP contribution in [0, 0.1) is 0 Å². The molecule has 0 spiro atoms. The average Bonchev–Trinajstić information content (AvgIpc) is 3.65. The van der Waals surface area contributed by atoms with E-state index in [0.717, 1.165) is 38.5 Å². The summed E-state index contributed by atoms with van der Waals surface area (Å²) in [6, 6.07) is 0. The van der Waals surface area contributed by atoms with Crippen molar-refractivity contribution in [2.24, 2.45) is 0 Å². The average molecular weight is 749 g/mol. The number of ether oxygens (including phenoxy) is 4. The SMILES string of the molecule is CCCCCCCCCCCC(=O)O[C@H](CO)[C@H]1OC[C@H](O)[C@H]1O.CCCCCCCCCCCCCCCC(=O)O[C@H](CO)[C@H]1OC[C@H](O)[C@H]1O. The zero-order valence-electron chi connectivity index (χ0n) is 32.6. The molecular formula is C40H76O12. The molecule has 6 N–H and O–H groups in total. The Kier molecular flexibility index (Phi) is 29.9. The molecule has 0 radical (unpaired) electrons. The van der Waals surface area contributed by atoms with E-state index in [0.29, 0.717) is 12.8 Å². The summed E-state index contributed by atoms with van der Waals surface area (Å²) < 4.78 is 20.8. The van der Waals surface area contributed by atoms with E-state index in [1.165, 1.54) is 103 Å². The summed E-state index contributed by atoms with van der Waals surface area (Å²) in [6.07, 6.45) is 19.5. The normalized spacial score (nSPS) is 23.9. The largest absolute Gasteiger partial charge is 0.457 e. The van der Waals surface area contributed by atoms with E-state index in [9.17, 15) is 40.2 Å². The third-order valence-corrected chi connectivity index (χ3v) is 10.0.